The molecule has 1 aromatic carbocycles. The Hall–Kier alpha value is -3.55. The van der Waals surface area contributed by atoms with Crippen LogP contribution in [0.2, 0.25) is 0 Å². The van der Waals surface area contributed by atoms with Gasteiger partial charge in [0.15, 0.2) is 0 Å². The number of methoxy groups -OCH3 is 1. The average Bonchev–Trinajstić information content (AvgIpc) is 3.09. The lowest BCUT2D eigenvalue weighted by molar-refractivity contribution is -0.119. The molecule has 1 aliphatic rings. The van der Waals surface area contributed by atoms with Crippen LogP contribution in [0.5, 0.6) is 5.75 Å². The Labute approximate surface area is 192 Å². The Kier molecular flexibility index (Phi) is 6.53. The van der Waals surface area contributed by atoms with Gasteiger partial charge in [-0.1, -0.05) is 18.2 Å². The second-order valence-electron chi connectivity index (χ2n) is 8.68. The highest BCUT2D eigenvalue weighted by atomic mass is 16.5. The maximum atomic E-state index is 13.3. The zero-order valence-corrected chi connectivity index (χ0v) is 19.3. The zero-order valence-electron chi connectivity index (χ0n) is 19.3. The molecule has 0 atom stereocenters. The number of pyridine rings is 1. The van der Waals surface area contributed by atoms with Gasteiger partial charge in [-0.05, 0) is 44.7 Å². The number of aromatic nitrogens is 2. The number of H-pyrrole nitrogens is 1. The molecular weight excluding hydrogens is 420 g/mol. The third-order valence-electron chi connectivity index (χ3n) is 6.57. The highest BCUT2D eigenvalue weighted by molar-refractivity contribution is 6.08. The lowest BCUT2D eigenvalue weighted by Gasteiger charge is -2.30. The molecule has 0 aliphatic carbocycles. The lowest BCUT2D eigenvalue weighted by atomic mass is 9.97. The largest absolute Gasteiger partial charge is 0.496 e. The van der Waals surface area contributed by atoms with Crippen molar-refractivity contribution in [2.75, 3.05) is 20.2 Å². The number of rotatable bonds is 7. The first kappa shape index (κ1) is 22.6. The van der Waals surface area contributed by atoms with Crippen LogP contribution >= 0.6 is 0 Å². The van der Waals surface area contributed by atoms with E-state index in [1.165, 1.54) is 7.11 Å². The number of carbonyl (C=O) groups is 2. The van der Waals surface area contributed by atoms with Crippen LogP contribution in [0, 0.1) is 19.8 Å². The Balaban J connectivity index is 1.59. The average molecular weight is 451 g/mol. The summed E-state index contributed by atoms with van der Waals surface area (Å²) >= 11 is 0. The molecule has 1 fully saturated rings. The van der Waals surface area contributed by atoms with E-state index in [1.54, 1.807) is 13.0 Å². The number of carbonyl (C=O) groups excluding carboxylic acids is 2. The Morgan fingerprint density at radius 1 is 1.24 bits per heavy atom. The standard InChI is InChI=1S/C25H30N4O4/c1-16-12-22(33-3)20(24(31)27-16)13-26-25(32)23-17(2)29(21-7-5-4-6-19(21)23)14-18-8-10-28(15-30)11-9-18/h4-7,12,15,18H,8-11,13-14H2,1-3H3,(H,26,32)(H,27,31). The number of likely N-dealkylation sites (tertiary alicyclic amines) is 1. The molecule has 0 radical (unpaired) electrons. The molecule has 3 aromatic rings. The minimum atomic E-state index is -0.270. The lowest BCUT2D eigenvalue weighted by Crippen LogP contribution is -2.34. The first-order valence-electron chi connectivity index (χ1n) is 11.2. The fourth-order valence-electron chi connectivity index (χ4n) is 4.74. The number of piperidine rings is 1. The van der Waals surface area contributed by atoms with Crippen LogP contribution in [0.25, 0.3) is 10.9 Å². The molecule has 1 saturated heterocycles. The molecule has 0 saturated carbocycles. The van der Waals surface area contributed by atoms with Crippen LogP contribution in [0.1, 0.15) is 40.2 Å². The predicted octanol–water partition coefficient (Wildman–Crippen LogP) is 2.75. The van der Waals surface area contributed by atoms with Gasteiger partial charge in [0.2, 0.25) is 6.41 Å². The molecule has 2 amide bonds. The fourth-order valence-corrected chi connectivity index (χ4v) is 4.74. The van der Waals surface area contributed by atoms with Gasteiger partial charge in [-0.15, -0.1) is 0 Å². The molecule has 8 heteroatoms. The minimum absolute atomic E-state index is 0.0702. The van der Waals surface area contributed by atoms with Crippen molar-refractivity contribution in [1.82, 2.24) is 19.8 Å². The quantitative estimate of drug-likeness (QED) is 0.541. The van der Waals surface area contributed by atoms with Crippen LogP contribution in [0.15, 0.2) is 35.1 Å². The molecule has 33 heavy (non-hydrogen) atoms. The number of amides is 2. The number of ether oxygens (including phenoxy) is 1. The molecule has 0 spiro atoms. The summed E-state index contributed by atoms with van der Waals surface area (Å²) in [5, 5.41) is 3.81. The summed E-state index contributed by atoms with van der Waals surface area (Å²) in [4.78, 5) is 41.3. The van der Waals surface area contributed by atoms with Gasteiger partial charge in [0.25, 0.3) is 11.5 Å². The van der Waals surface area contributed by atoms with E-state index in [0.29, 0.717) is 28.5 Å². The first-order valence-corrected chi connectivity index (χ1v) is 11.2. The maximum absolute atomic E-state index is 13.3. The van der Waals surface area contributed by atoms with E-state index in [0.717, 1.165) is 55.5 Å². The molecule has 2 aromatic heterocycles. The van der Waals surface area contributed by atoms with Crippen LogP contribution in [0.4, 0.5) is 0 Å². The summed E-state index contributed by atoms with van der Waals surface area (Å²) < 4.78 is 7.56. The van der Waals surface area contributed by atoms with Crippen molar-refractivity contribution < 1.29 is 14.3 Å². The van der Waals surface area contributed by atoms with Crippen LogP contribution in [0.3, 0.4) is 0 Å². The van der Waals surface area contributed by atoms with E-state index >= 15 is 0 Å². The topological polar surface area (TPSA) is 96.4 Å². The number of para-hydroxylation sites is 1. The van der Waals surface area contributed by atoms with Crippen molar-refractivity contribution in [2.24, 2.45) is 5.92 Å². The number of fused-ring (bicyclic) bond motifs is 1. The van der Waals surface area contributed by atoms with E-state index in [-0.39, 0.29) is 18.0 Å². The fraction of sp³-hybridized carbons (Fsp3) is 0.400. The van der Waals surface area contributed by atoms with Crippen LogP contribution < -0.4 is 15.6 Å². The van der Waals surface area contributed by atoms with E-state index in [9.17, 15) is 14.4 Å². The van der Waals surface area contributed by atoms with Crippen LogP contribution in [-0.4, -0.2) is 47.0 Å². The van der Waals surface area contributed by atoms with Gasteiger partial charge in [0, 0.05) is 41.9 Å². The monoisotopic (exact) mass is 450 g/mol. The summed E-state index contributed by atoms with van der Waals surface area (Å²) in [6.07, 6.45) is 2.81. The Bertz CT molecular complexity index is 1240. The van der Waals surface area contributed by atoms with Gasteiger partial charge >= 0.3 is 0 Å². The van der Waals surface area contributed by atoms with Gasteiger partial charge in [0.1, 0.15) is 5.75 Å². The Morgan fingerprint density at radius 2 is 1.97 bits per heavy atom. The molecule has 2 N–H and O–H groups in total. The third-order valence-corrected chi connectivity index (χ3v) is 6.57. The number of nitrogens with one attached hydrogen (secondary N) is 2. The first-order chi connectivity index (χ1) is 15.9. The zero-order chi connectivity index (χ0) is 23.5. The molecule has 0 bridgehead atoms. The molecule has 0 unspecified atom stereocenters. The summed E-state index contributed by atoms with van der Waals surface area (Å²) in [5.74, 6) is 0.680. The van der Waals surface area contributed by atoms with Crippen molar-refractivity contribution in [3.05, 3.63) is 63.2 Å². The molecule has 8 nitrogen and oxygen atoms in total. The van der Waals surface area contributed by atoms with Gasteiger partial charge in [-0.2, -0.15) is 0 Å². The number of benzene rings is 1. The van der Waals surface area contributed by atoms with Crippen molar-refractivity contribution in [1.29, 1.82) is 0 Å². The molecule has 3 heterocycles. The van der Waals surface area contributed by atoms with E-state index in [2.05, 4.69) is 14.9 Å². The molecule has 174 valence electrons. The van der Waals surface area contributed by atoms with Crippen LogP contribution in [-0.2, 0) is 17.9 Å². The second-order valence-corrected chi connectivity index (χ2v) is 8.68. The number of hydrogen-bond donors (Lipinski definition) is 2. The summed E-state index contributed by atoms with van der Waals surface area (Å²) in [6, 6.07) is 9.65. The van der Waals surface area contributed by atoms with Gasteiger partial charge in [0.05, 0.1) is 24.8 Å². The van der Waals surface area contributed by atoms with Crippen molar-refractivity contribution in [3.63, 3.8) is 0 Å². The molecule has 1 aliphatic heterocycles. The summed E-state index contributed by atoms with van der Waals surface area (Å²) in [7, 11) is 1.51. The number of aromatic amines is 1. The Morgan fingerprint density at radius 3 is 2.67 bits per heavy atom. The number of hydrogen-bond acceptors (Lipinski definition) is 4. The summed E-state index contributed by atoms with van der Waals surface area (Å²) in [5.41, 5.74) is 3.36. The third kappa shape index (κ3) is 4.51. The van der Waals surface area contributed by atoms with Crippen molar-refractivity contribution >= 4 is 23.2 Å². The predicted molar refractivity (Wildman–Crippen MR) is 127 cm³/mol. The SMILES string of the molecule is COc1cc(C)[nH]c(=O)c1CNC(=O)c1c(C)n(CC2CCN(C=O)CC2)c2ccccc12. The van der Waals surface area contributed by atoms with Gasteiger partial charge in [-0.25, -0.2) is 0 Å². The van der Waals surface area contributed by atoms with Gasteiger partial charge in [-0.3, -0.25) is 14.4 Å². The summed E-state index contributed by atoms with van der Waals surface area (Å²) in [6.45, 7) is 6.17. The minimum Gasteiger partial charge on any atom is -0.496 e. The number of aryl methyl sites for hydroxylation is 1. The highest BCUT2D eigenvalue weighted by Gasteiger charge is 2.24. The van der Waals surface area contributed by atoms with Crippen molar-refractivity contribution in [3.8, 4) is 5.75 Å². The number of nitrogens with zero attached hydrogens (tertiary/aromatic N) is 2. The smallest absolute Gasteiger partial charge is 0.256 e. The highest BCUT2D eigenvalue weighted by Crippen LogP contribution is 2.29. The van der Waals surface area contributed by atoms with E-state index < -0.39 is 0 Å². The van der Waals surface area contributed by atoms with Gasteiger partial charge < -0.3 is 24.5 Å². The second kappa shape index (κ2) is 9.52. The molecular formula is C25H30N4O4. The van der Waals surface area contributed by atoms with Crippen molar-refractivity contribution in [2.45, 2.75) is 39.8 Å². The normalized spacial score (nSPS) is 14.5. The van der Waals surface area contributed by atoms with E-state index in [4.69, 9.17) is 4.74 Å². The molecule has 4 rings (SSSR count). The van der Waals surface area contributed by atoms with E-state index in [1.807, 2.05) is 36.1 Å². The maximum Gasteiger partial charge on any atom is 0.256 e.